The van der Waals surface area contributed by atoms with Crippen molar-refractivity contribution in [1.82, 2.24) is 0 Å². The Labute approximate surface area is 226 Å². The zero-order chi connectivity index (χ0) is 27.9. The van der Waals surface area contributed by atoms with Gasteiger partial charge in [0.1, 0.15) is 0 Å². The molecule has 0 bridgehead atoms. The molecule has 0 saturated carbocycles. The molecule has 0 N–H and O–H groups in total. The summed E-state index contributed by atoms with van der Waals surface area (Å²) in [5.74, 6) is 0.266. The van der Waals surface area contributed by atoms with Crippen LogP contribution in [0.1, 0.15) is 34.6 Å². The first kappa shape index (κ1) is 35.6. The number of hydrogen-bond donors (Lipinski definition) is 0. The first-order chi connectivity index (χ1) is 17.2. The van der Waals surface area contributed by atoms with Crippen LogP contribution in [-0.4, -0.2) is 13.3 Å². The Kier molecular flexibility index (Phi) is 22.7. The van der Waals surface area contributed by atoms with Crippen molar-refractivity contribution in [2.45, 2.75) is 34.6 Å². The van der Waals surface area contributed by atoms with E-state index in [0.717, 1.165) is 25.3 Å². The molecule has 2 unspecified atom stereocenters. The SMILES string of the molecule is C=C/C=C(\C=C/C)P(C(/C=C\C(C)C=C)=C(\C(=C)C)C(=C)/C=C\C)c1ccccc1.C=CC.CPC. The third-order valence-electron chi connectivity index (χ3n) is 4.44. The van der Waals surface area contributed by atoms with Crippen molar-refractivity contribution < 1.29 is 0 Å². The molecule has 0 radical (unpaired) electrons. The average molecular weight is 519 g/mol. The van der Waals surface area contributed by atoms with Gasteiger partial charge in [0, 0.05) is 0 Å². The van der Waals surface area contributed by atoms with Gasteiger partial charge in [-0.1, -0.05) is 118 Å². The third-order valence-corrected chi connectivity index (χ3v) is 6.92. The van der Waals surface area contributed by atoms with E-state index >= 15 is 0 Å². The molecule has 0 aliphatic carbocycles. The second-order valence-corrected chi connectivity index (χ2v) is 11.1. The Morgan fingerprint density at radius 1 is 0.917 bits per heavy atom. The highest BCUT2D eigenvalue weighted by molar-refractivity contribution is 7.74. The van der Waals surface area contributed by atoms with Gasteiger partial charge < -0.3 is 0 Å². The summed E-state index contributed by atoms with van der Waals surface area (Å²) in [6, 6.07) is 10.7. The van der Waals surface area contributed by atoms with Crippen molar-refractivity contribution in [1.29, 1.82) is 0 Å². The smallest absolute Gasteiger partial charge is 0.00733 e. The second-order valence-electron chi connectivity index (χ2n) is 7.93. The number of benzene rings is 1. The molecule has 0 saturated heterocycles. The van der Waals surface area contributed by atoms with E-state index in [1.807, 2.05) is 39.0 Å². The summed E-state index contributed by atoms with van der Waals surface area (Å²) in [7, 11) is 0.244. The van der Waals surface area contributed by atoms with Crippen LogP contribution in [0.2, 0.25) is 0 Å². The molecular formula is C34H48P2. The minimum absolute atomic E-state index is 0.266. The zero-order valence-electron chi connectivity index (χ0n) is 23.7. The third kappa shape index (κ3) is 14.1. The monoisotopic (exact) mass is 518 g/mol. The fourth-order valence-electron chi connectivity index (χ4n) is 3.03. The summed E-state index contributed by atoms with van der Waals surface area (Å²) in [5.41, 5.74) is 3.08. The largest absolute Gasteiger partial charge is 0.129 e. The lowest BCUT2D eigenvalue weighted by atomic mass is 9.99. The van der Waals surface area contributed by atoms with Gasteiger partial charge in [-0.25, -0.2) is 0 Å². The molecule has 0 spiro atoms. The molecule has 1 rings (SSSR count). The van der Waals surface area contributed by atoms with Crippen LogP contribution >= 0.6 is 16.5 Å². The van der Waals surface area contributed by atoms with E-state index < -0.39 is 7.92 Å². The predicted octanol–water partition coefficient (Wildman–Crippen LogP) is 10.9. The summed E-state index contributed by atoms with van der Waals surface area (Å²) in [5, 5.41) is 3.73. The van der Waals surface area contributed by atoms with Gasteiger partial charge in [0.15, 0.2) is 0 Å². The van der Waals surface area contributed by atoms with Crippen molar-refractivity contribution in [3.63, 3.8) is 0 Å². The minimum Gasteiger partial charge on any atom is -0.129 e. The molecule has 194 valence electrons. The fraction of sp³-hybridized carbons (Fsp3) is 0.235. The predicted molar refractivity (Wildman–Crippen MR) is 176 cm³/mol. The Hall–Kier alpha value is -2.52. The summed E-state index contributed by atoms with van der Waals surface area (Å²) in [4.78, 5) is 0. The van der Waals surface area contributed by atoms with Crippen LogP contribution in [0.5, 0.6) is 0 Å². The van der Waals surface area contributed by atoms with Gasteiger partial charge in [0.2, 0.25) is 0 Å². The van der Waals surface area contributed by atoms with E-state index in [-0.39, 0.29) is 5.92 Å². The highest BCUT2D eigenvalue weighted by Gasteiger charge is 2.22. The van der Waals surface area contributed by atoms with Crippen molar-refractivity contribution >= 4 is 21.8 Å². The first-order valence-electron chi connectivity index (χ1n) is 12.2. The van der Waals surface area contributed by atoms with E-state index in [4.69, 9.17) is 0 Å². The van der Waals surface area contributed by atoms with Crippen LogP contribution in [-0.2, 0) is 0 Å². The van der Waals surface area contributed by atoms with Gasteiger partial charge in [-0.2, -0.15) is 0 Å². The lowest BCUT2D eigenvalue weighted by molar-refractivity contribution is 0.943. The maximum atomic E-state index is 4.35. The standard InChI is InChI=1S/C29H35P.C3H6.C2H7P/c1-9-16-25(8)29(23(5)6)28(22-21-24(7)12-4)30(26(17-10-2)18-11-3)27-19-14-13-15-20-27;2*1-3-2/h9-22,24H,2,4-5,8H2,1,3,6-7H3;3H,1H2,2H3;3H,1-2H3/b16-9-,18-11-,22-21-,26-17+,29-28+;;. The van der Waals surface area contributed by atoms with Crippen molar-refractivity contribution in [3.8, 4) is 0 Å². The summed E-state index contributed by atoms with van der Waals surface area (Å²) in [6.45, 7) is 34.4. The van der Waals surface area contributed by atoms with Gasteiger partial charge in [-0.3, -0.25) is 0 Å². The van der Waals surface area contributed by atoms with Gasteiger partial charge >= 0.3 is 0 Å². The summed E-state index contributed by atoms with van der Waals surface area (Å²) in [6.07, 6.45) is 20.5. The number of hydrogen-bond acceptors (Lipinski definition) is 0. The molecule has 36 heavy (non-hydrogen) atoms. The van der Waals surface area contributed by atoms with Gasteiger partial charge in [-0.05, 0) is 87.5 Å². The lowest BCUT2D eigenvalue weighted by Gasteiger charge is -2.25. The van der Waals surface area contributed by atoms with Crippen LogP contribution in [0.4, 0.5) is 0 Å². The van der Waals surface area contributed by atoms with E-state index in [1.54, 1.807) is 6.08 Å². The van der Waals surface area contributed by atoms with E-state index in [2.05, 4.69) is 127 Å². The molecule has 0 aliphatic heterocycles. The Balaban J connectivity index is 0. The first-order valence-corrected chi connectivity index (χ1v) is 15.6. The highest BCUT2D eigenvalue weighted by Crippen LogP contribution is 2.55. The van der Waals surface area contributed by atoms with E-state index in [1.165, 1.54) is 15.9 Å². The van der Waals surface area contributed by atoms with Gasteiger partial charge in [0.05, 0.1) is 0 Å². The molecule has 0 amide bonds. The fourth-order valence-corrected chi connectivity index (χ4v) is 5.70. The molecule has 0 aliphatic rings. The summed E-state index contributed by atoms with van der Waals surface area (Å²) < 4.78 is 0. The summed E-state index contributed by atoms with van der Waals surface area (Å²) >= 11 is 0. The van der Waals surface area contributed by atoms with Crippen LogP contribution < -0.4 is 5.30 Å². The van der Waals surface area contributed by atoms with Crippen molar-refractivity contribution in [2.75, 3.05) is 13.3 Å². The Morgan fingerprint density at radius 3 is 1.86 bits per heavy atom. The van der Waals surface area contributed by atoms with Crippen LogP contribution in [0.25, 0.3) is 0 Å². The van der Waals surface area contributed by atoms with Gasteiger partial charge in [0.25, 0.3) is 0 Å². The minimum atomic E-state index is -0.839. The average Bonchev–Trinajstić information content (AvgIpc) is 2.84. The molecule has 1 aromatic carbocycles. The van der Waals surface area contributed by atoms with E-state index in [0.29, 0.717) is 0 Å². The molecule has 1 aromatic rings. The normalized spacial score (nSPS) is 13.6. The lowest BCUT2D eigenvalue weighted by Crippen LogP contribution is -2.06. The maximum absolute atomic E-state index is 4.35. The second kappa shape index (κ2) is 22.9. The topological polar surface area (TPSA) is 0 Å². The van der Waals surface area contributed by atoms with Crippen molar-refractivity contribution in [3.05, 3.63) is 151 Å². The molecule has 0 nitrogen and oxygen atoms in total. The van der Waals surface area contributed by atoms with Crippen LogP contribution in [0.3, 0.4) is 0 Å². The van der Waals surface area contributed by atoms with Crippen molar-refractivity contribution in [2.24, 2.45) is 5.92 Å². The molecule has 0 fully saturated rings. The molecule has 2 atom stereocenters. The molecule has 0 heterocycles. The Morgan fingerprint density at radius 2 is 1.44 bits per heavy atom. The van der Waals surface area contributed by atoms with E-state index in [9.17, 15) is 0 Å². The zero-order valence-corrected chi connectivity index (χ0v) is 25.6. The molecular weight excluding hydrogens is 470 g/mol. The van der Waals surface area contributed by atoms with Gasteiger partial charge in [-0.15, -0.1) is 21.7 Å². The number of allylic oxidation sites excluding steroid dienone is 15. The highest BCUT2D eigenvalue weighted by atomic mass is 31.1. The number of rotatable bonds is 11. The molecule has 2 heteroatoms. The molecule has 0 aromatic heterocycles. The van der Waals surface area contributed by atoms with Crippen LogP contribution in [0.15, 0.2) is 151 Å². The quantitative estimate of drug-likeness (QED) is 0.155. The van der Waals surface area contributed by atoms with Crippen LogP contribution in [0, 0.1) is 5.92 Å². The maximum Gasteiger partial charge on any atom is -0.00733 e. The Bertz CT molecular complexity index is 966.